The van der Waals surface area contributed by atoms with E-state index in [0.717, 1.165) is 5.56 Å². The summed E-state index contributed by atoms with van der Waals surface area (Å²) in [6.07, 6.45) is 0. The van der Waals surface area contributed by atoms with Gasteiger partial charge in [0.05, 0.1) is 13.7 Å². The molecule has 0 saturated carbocycles. The maximum atomic E-state index is 9.74. The molecule has 0 bridgehead atoms. The van der Waals surface area contributed by atoms with Crippen molar-refractivity contribution in [1.82, 2.24) is 5.32 Å². The predicted octanol–water partition coefficient (Wildman–Crippen LogP) is 1.51. The van der Waals surface area contributed by atoms with Crippen molar-refractivity contribution in [2.24, 2.45) is 0 Å². The van der Waals surface area contributed by atoms with E-state index >= 15 is 0 Å². The number of nitrogens with one attached hydrogen (secondary N) is 1. The number of phenols is 1. The molecule has 1 rings (SSSR count). The summed E-state index contributed by atoms with van der Waals surface area (Å²) in [6.45, 7) is 3.00. The summed E-state index contributed by atoms with van der Waals surface area (Å²) in [6, 6.07) is 5.43. The van der Waals surface area contributed by atoms with Crippen LogP contribution in [-0.4, -0.2) is 18.8 Å². The van der Waals surface area contributed by atoms with Crippen LogP contribution in [0.4, 0.5) is 0 Å². The van der Waals surface area contributed by atoms with Gasteiger partial charge in [0.25, 0.3) is 0 Å². The lowest BCUT2D eigenvalue weighted by atomic mass is 10.2. The van der Waals surface area contributed by atoms with Gasteiger partial charge in [-0.2, -0.15) is 0 Å². The summed E-state index contributed by atoms with van der Waals surface area (Å²) in [5, 5.41) is 12.8. The summed E-state index contributed by atoms with van der Waals surface area (Å²) >= 11 is 0. The van der Waals surface area contributed by atoms with Gasteiger partial charge >= 0.3 is 0 Å². The van der Waals surface area contributed by atoms with E-state index in [9.17, 15) is 5.11 Å². The SMILES string of the molecule is CC#CCNCc1cccc(OC)c1O. The quantitative estimate of drug-likeness (QED) is 0.578. The number of hydrogen-bond acceptors (Lipinski definition) is 3. The number of rotatable bonds is 4. The molecule has 0 aliphatic heterocycles. The van der Waals surface area contributed by atoms with Crippen molar-refractivity contribution in [2.45, 2.75) is 13.5 Å². The molecule has 0 unspecified atom stereocenters. The van der Waals surface area contributed by atoms with Crippen LogP contribution in [0.3, 0.4) is 0 Å². The molecule has 15 heavy (non-hydrogen) atoms. The smallest absolute Gasteiger partial charge is 0.162 e. The Balaban J connectivity index is 2.63. The van der Waals surface area contributed by atoms with Crippen molar-refractivity contribution in [3.05, 3.63) is 23.8 Å². The van der Waals surface area contributed by atoms with Crippen LogP contribution in [0.25, 0.3) is 0 Å². The van der Waals surface area contributed by atoms with Gasteiger partial charge in [0, 0.05) is 12.1 Å². The number of phenolic OH excluding ortho intramolecular Hbond substituents is 1. The molecular formula is C12H15NO2. The molecule has 3 nitrogen and oxygen atoms in total. The zero-order valence-electron chi connectivity index (χ0n) is 9.00. The Morgan fingerprint density at radius 2 is 2.27 bits per heavy atom. The Morgan fingerprint density at radius 1 is 1.47 bits per heavy atom. The normalized spacial score (nSPS) is 9.20. The third-order valence-electron chi connectivity index (χ3n) is 2.01. The van der Waals surface area contributed by atoms with Gasteiger partial charge in [-0.3, -0.25) is 0 Å². The zero-order chi connectivity index (χ0) is 11.1. The fraction of sp³-hybridized carbons (Fsp3) is 0.333. The van der Waals surface area contributed by atoms with Crippen molar-refractivity contribution in [1.29, 1.82) is 0 Å². The second-order valence-corrected chi connectivity index (χ2v) is 3.00. The van der Waals surface area contributed by atoms with E-state index in [1.807, 2.05) is 12.1 Å². The van der Waals surface area contributed by atoms with Crippen LogP contribution < -0.4 is 10.1 Å². The number of aromatic hydroxyl groups is 1. The Hall–Kier alpha value is -1.66. The third kappa shape index (κ3) is 3.19. The van der Waals surface area contributed by atoms with Crippen molar-refractivity contribution < 1.29 is 9.84 Å². The Bertz CT molecular complexity index is 377. The van der Waals surface area contributed by atoms with E-state index in [1.165, 1.54) is 7.11 Å². The second kappa shape index (κ2) is 5.94. The highest BCUT2D eigenvalue weighted by Gasteiger charge is 2.05. The van der Waals surface area contributed by atoms with Crippen LogP contribution in [0.15, 0.2) is 18.2 Å². The first-order valence-electron chi connectivity index (χ1n) is 4.74. The molecule has 0 amide bonds. The van der Waals surface area contributed by atoms with E-state index in [4.69, 9.17) is 4.74 Å². The van der Waals surface area contributed by atoms with E-state index in [1.54, 1.807) is 13.0 Å². The lowest BCUT2D eigenvalue weighted by molar-refractivity contribution is 0.370. The molecular weight excluding hydrogens is 190 g/mol. The molecule has 1 aromatic carbocycles. The molecule has 2 N–H and O–H groups in total. The second-order valence-electron chi connectivity index (χ2n) is 3.00. The zero-order valence-corrected chi connectivity index (χ0v) is 9.00. The molecule has 0 heterocycles. The minimum Gasteiger partial charge on any atom is -0.504 e. The van der Waals surface area contributed by atoms with E-state index in [0.29, 0.717) is 18.8 Å². The molecule has 80 valence electrons. The summed E-state index contributed by atoms with van der Waals surface area (Å²) in [4.78, 5) is 0. The van der Waals surface area contributed by atoms with Crippen molar-refractivity contribution in [2.75, 3.05) is 13.7 Å². The summed E-state index contributed by atoms with van der Waals surface area (Å²) in [5.41, 5.74) is 0.812. The van der Waals surface area contributed by atoms with Gasteiger partial charge in [-0.25, -0.2) is 0 Å². The molecule has 0 fully saturated rings. The Kier molecular flexibility index (Phi) is 4.52. The molecule has 0 atom stereocenters. The maximum Gasteiger partial charge on any atom is 0.162 e. The Labute approximate surface area is 90.1 Å². The lowest BCUT2D eigenvalue weighted by Crippen LogP contribution is -2.13. The predicted molar refractivity (Wildman–Crippen MR) is 59.8 cm³/mol. The topological polar surface area (TPSA) is 41.5 Å². The molecule has 0 saturated heterocycles. The van der Waals surface area contributed by atoms with Gasteiger partial charge in [-0.05, 0) is 13.0 Å². The molecule has 0 aromatic heterocycles. The lowest BCUT2D eigenvalue weighted by Gasteiger charge is -2.08. The number of para-hydroxylation sites is 1. The highest BCUT2D eigenvalue weighted by atomic mass is 16.5. The molecule has 0 aliphatic rings. The molecule has 3 heteroatoms. The number of hydrogen-bond donors (Lipinski definition) is 2. The largest absolute Gasteiger partial charge is 0.504 e. The van der Waals surface area contributed by atoms with Gasteiger partial charge in [0.1, 0.15) is 0 Å². The van der Waals surface area contributed by atoms with Gasteiger partial charge < -0.3 is 15.2 Å². The fourth-order valence-corrected chi connectivity index (χ4v) is 1.22. The summed E-state index contributed by atoms with van der Waals surface area (Å²) in [7, 11) is 1.54. The van der Waals surface area contributed by atoms with Crippen LogP contribution in [-0.2, 0) is 6.54 Å². The van der Waals surface area contributed by atoms with Crippen LogP contribution in [0.5, 0.6) is 11.5 Å². The van der Waals surface area contributed by atoms with Crippen molar-refractivity contribution in [3.8, 4) is 23.3 Å². The maximum absolute atomic E-state index is 9.74. The first-order valence-corrected chi connectivity index (χ1v) is 4.74. The fourth-order valence-electron chi connectivity index (χ4n) is 1.22. The standard InChI is InChI=1S/C12H15NO2/c1-3-4-8-13-9-10-6-5-7-11(15-2)12(10)14/h5-7,13-14H,8-9H2,1-2H3. The van der Waals surface area contributed by atoms with Crippen LogP contribution >= 0.6 is 0 Å². The summed E-state index contributed by atoms with van der Waals surface area (Å²) < 4.78 is 5.01. The van der Waals surface area contributed by atoms with Crippen LogP contribution in [0, 0.1) is 11.8 Å². The highest BCUT2D eigenvalue weighted by molar-refractivity contribution is 5.45. The number of ether oxygens (including phenoxy) is 1. The minimum absolute atomic E-state index is 0.192. The number of methoxy groups -OCH3 is 1. The molecule has 1 aromatic rings. The molecule has 0 aliphatic carbocycles. The average molecular weight is 205 g/mol. The first-order chi connectivity index (χ1) is 7.29. The van der Waals surface area contributed by atoms with E-state index in [2.05, 4.69) is 17.2 Å². The van der Waals surface area contributed by atoms with Crippen molar-refractivity contribution >= 4 is 0 Å². The first kappa shape index (κ1) is 11.4. The van der Waals surface area contributed by atoms with E-state index < -0.39 is 0 Å². The van der Waals surface area contributed by atoms with Crippen LogP contribution in [0.1, 0.15) is 12.5 Å². The van der Waals surface area contributed by atoms with Crippen molar-refractivity contribution in [3.63, 3.8) is 0 Å². The monoisotopic (exact) mass is 205 g/mol. The van der Waals surface area contributed by atoms with Gasteiger partial charge in [0.15, 0.2) is 11.5 Å². The highest BCUT2D eigenvalue weighted by Crippen LogP contribution is 2.28. The van der Waals surface area contributed by atoms with Gasteiger partial charge in [-0.15, -0.1) is 5.92 Å². The van der Waals surface area contributed by atoms with Gasteiger partial charge in [-0.1, -0.05) is 18.1 Å². The van der Waals surface area contributed by atoms with Crippen LogP contribution in [0.2, 0.25) is 0 Å². The average Bonchev–Trinajstić information content (AvgIpc) is 2.26. The summed E-state index contributed by atoms with van der Waals surface area (Å²) in [5.74, 6) is 6.37. The van der Waals surface area contributed by atoms with E-state index in [-0.39, 0.29) is 5.75 Å². The van der Waals surface area contributed by atoms with Gasteiger partial charge in [0.2, 0.25) is 0 Å². The third-order valence-corrected chi connectivity index (χ3v) is 2.01. The molecule has 0 radical (unpaired) electrons. The minimum atomic E-state index is 0.192. The molecule has 0 spiro atoms. The Morgan fingerprint density at radius 3 is 2.93 bits per heavy atom. The number of benzene rings is 1.